The minimum atomic E-state index is -0.165. The number of aliphatic hydroxyl groups excluding tert-OH is 1. The van der Waals surface area contributed by atoms with Crippen LogP contribution in [0.1, 0.15) is 42.9 Å². The lowest BCUT2D eigenvalue weighted by molar-refractivity contribution is 0.0732. The van der Waals surface area contributed by atoms with Gasteiger partial charge in [0, 0.05) is 43.4 Å². The van der Waals surface area contributed by atoms with Crippen LogP contribution in [0.5, 0.6) is 5.75 Å². The minimum absolute atomic E-state index is 0.165. The summed E-state index contributed by atoms with van der Waals surface area (Å²) in [5.74, 6) is 1.60. The van der Waals surface area contributed by atoms with Crippen molar-refractivity contribution < 1.29 is 10.2 Å². The number of piperidine rings is 1. The van der Waals surface area contributed by atoms with Gasteiger partial charge >= 0.3 is 0 Å². The van der Waals surface area contributed by atoms with Gasteiger partial charge in [0.1, 0.15) is 17.9 Å². The van der Waals surface area contributed by atoms with E-state index in [-0.39, 0.29) is 6.10 Å². The van der Waals surface area contributed by atoms with Crippen molar-refractivity contribution in [1.82, 2.24) is 14.9 Å². The van der Waals surface area contributed by atoms with Crippen LogP contribution in [0.2, 0.25) is 0 Å². The fourth-order valence-electron chi connectivity index (χ4n) is 3.86. The van der Waals surface area contributed by atoms with Crippen molar-refractivity contribution in [2.75, 3.05) is 18.4 Å². The molecule has 6 heteroatoms. The number of likely N-dealkylation sites (tertiary alicyclic amines) is 1. The molecule has 1 saturated heterocycles. The average molecular weight is 354 g/mol. The second-order valence-corrected chi connectivity index (χ2v) is 7.51. The molecule has 0 radical (unpaired) electrons. The van der Waals surface area contributed by atoms with E-state index < -0.39 is 0 Å². The SMILES string of the molecule is Oc1cccc(CN2CCC(Nc3cc(C4CC(O)C4)ncn3)CC2)c1. The third kappa shape index (κ3) is 4.14. The largest absolute Gasteiger partial charge is 0.508 e. The Balaban J connectivity index is 1.28. The highest BCUT2D eigenvalue weighted by Gasteiger charge is 2.30. The normalized spacial score (nSPS) is 24.2. The van der Waals surface area contributed by atoms with Crippen molar-refractivity contribution in [2.45, 2.75) is 50.3 Å². The predicted octanol–water partition coefficient (Wildman–Crippen LogP) is 2.50. The summed E-state index contributed by atoms with van der Waals surface area (Å²) in [6, 6.07) is 9.96. The molecule has 3 N–H and O–H groups in total. The van der Waals surface area contributed by atoms with Crippen molar-refractivity contribution >= 4 is 5.82 Å². The summed E-state index contributed by atoms with van der Waals surface area (Å²) in [6.07, 6.45) is 5.22. The number of aliphatic hydroxyl groups is 1. The van der Waals surface area contributed by atoms with Gasteiger partial charge < -0.3 is 15.5 Å². The molecule has 26 heavy (non-hydrogen) atoms. The van der Waals surface area contributed by atoms with E-state index in [1.807, 2.05) is 18.2 Å². The van der Waals surface area contributed by atoms with Crippen LogP contribution in [0.15, 0.2) is 36.7 Å². The topological polar surface area (TPSA) is 81.5 Å². The van der Waals surface area contributed by atoms with Crippen molar-refractivity contribution in [1.29, 1.82) is 0 Å². The van der Waals surface area contributed by atoms with Gasteiger partial charge in [-0.1, -0.05) is 12.1 Å². The number of phenolic OH excluding ortho intramolecular Hbond substituents is 1. The van der Waals surface area contributed by atoms with E-state index in [9.17, 15) is 10.2 Å². The Morgan fingerprint density at radius 1 is 1.12 bits per heavy atom. The number of benzene rings is 1. The molecule has 2 aromatic rings. The van der Waals surface area contributed by atoms with Crippen LogP contribution >= 0.6 is 0 Å². The number of aromatic hydroxyl groups is 1. The molecule has 6 nitrogen and oxygen atoms in total. The lowest BCUT2D eigenvalue weighted by atomic mass is 9.80. The fraction of sp³-hybridized carbons (Fsp3) is 0.500. The molecule has 0 bridgehead atoms. The van der Waals surface area contributed by atoms with Gasteiger partial charge in [-0.2, -0.15) is 0 Å². The first-order chi connectivity index (χ1) is 12.7. The Hall–Kier alpha value is -2.18. The van der Waals surface area contributed by atoms with E-state index in [4.69, 9.17) is 0 Å². The monoisotopic (exact) mass is 354 g/mol. The zero-order valence-electron chi connectivity index (χ0n) is 14.9. The number of phenols is 1. The Bertz CT molecular complexity index is 740. The van der Waals surface area contributed by atoms with E-state index in [1.165, 1.54) is 0 Å². The zero-order chi connectivity index (χ0) is 17.9. The number of hydrogen-bond acceptors (Lipinski definition) is 6. The van der Waals surface area contributed by atoms with Gasteiger partial charge in [0.05, 0.1) is 6.10 Å². The molecule has 1 aliphatic heterocycles. The van der Waals surface area contributed by atoms with Gasteiger partial charge in [0.25, 0.3) is 0 Å². The third-order valence-electron chi connectivity index (χ3n) is 5.48. The molecule has 2 heterocycles. The Morgan fingerprint density at radius 2 is 1.92 bits per heavy atom. The first kappa shape index (κ1) is 17.2. The van der Waals surface area contributed by atoms with Crippen molar-refractivity contribution in [3.8, 4) is 5.75 Å². The van der Waals surface area contributed by atoms with Crippen molar-refractivity contribution in [3.05, 3.63) is 47.9 Å². The van der Waals surface area contributed by atoms with E-state index in [0.717, 1.165) is 62.4 Å². The van der Waals surface area contributed by atoms with Gasteiger partial charge in [0.2, 0.25) is 0 Å². The molecule has 138 valence electrons. The molecule has 1 aliphatic carbocycles. The van der Waals surface area contributed by atoms with Gasteiger partial charge in [-0.3, -0.25) is 4.90 Å². The lowest BCUT2D eigenvalue weighted by Gasteiger charge is -2.33. The second-order valence-electron chi connectivity index (χ2n) is 7.51. The van der Waals surface area contributed by atoms with Gasteiger partial charge in [-0.25, -0.2) is 9.97 Å². The average Bonchev–Trinajstić information content (AvgIpc) is 2.61. The number of hydrogen-bond donors (Lipinski definition) is 3. The molecule has 0 unspecified atom stereocenters. The number of nitrogens with one attached hydrogen (secondary N) is 1. The highest BCUT2D eigenvalue weighted by Crippen LogP contribution is 2.36. The molecule has 4 rings (SSSR count). The molecule has 1 saturated carbocycles. The Labute approximate surface area is 153 Å². The first-order valence-electron chi connectivity index (χ1n) is 9.42. The number of anilines is 1. The van der Waals surface area contributed by atoms with Crippen molar-refractivity contribution in [3.63, 3.8) is 0 Å². The maximum absolute atomic E-state index is 9.59. The molecule has 0 atom stereocenters. The quantitative estimate of drug-likeness (QED) is 0.765. The highest BCUT2D eigenvalue weighted by molar-refractivity contribution is 5.37. The Kier molecular flexibility index (Phi) is 5.04. The summed E-state index contributed by atoms with van der Waals surface area (Å²) >= 11 is 0. The molecule has 1 aromatic heterocycles. The number of nitrogens with zero attached hydrogens (tertiary/aromatic N) is 3. The predicted molar refractivity (Wildman–Crippen MR) is 100 cm³/mol. The summed E-state index contributed by atoms with van der Waals surface area (Å²) < 4.78 is 0. The Morgan fingerprint density at radius 3 is 2.65 bits per heavy atom. The summed E-state index contributed by atoms with van der Waals surface area (Å²) in [5.41, 5.74) is 2.19. The van der Waals surface area contributed by atoms with E-state index in [1.54, 1.807) is 12.4 Å². The summed E-state index contributed by atoms with van der Waals surface area (Å²) in [7, 11) is 0. The third-order valence-corrected chi connectivity index (χ3v) is 5.48. The number of aromatic nitrogens is 2. The van der Waals surface area contributed by atoms with Crippen LogP contribution in [-0.2, 0) is 6.54 Å². The van der Waals surface area contributed by atoms with Gasteiger partial charge in [-0.15, -0.1) is 0 Å². The van der Waals surface area contributed by atoms with Crippen molar-refractivity contribution in [2.24, 2.45) is 0 Å². The summed E-state index contributed by atoms with van der Waals surface area (Å²) in [5, 5.41) is 22.6. The van der Waals surface area contributed by atoms with Crippen LogP contribution < -0.4 is 5.32 Å². The van der Waals surface area contributed by atoms with Gasteiger partial charge in [0.15, 0.2) is 0 Å². The summed E-state index contributed by atoms with van der Waals surface area (Å²) in [6.45, 7) is 2.93. The molecular formula is C20H26N4O2. The van der Waals surface area contributed by atoms with E-state index >= 15 is 0 Å². The second kappa shape index (κ2) is 7.60. The smallest absolute Gasteiger partial charge is 0.129 e. The van der Waals surface area contributed by atoms with E-state index in [2.05, 4.69) is 26.3 Å². The van der Waals surface area contributed by atoms with Crippen LogP contribution in [0, 0.1) is 0 Å². The van der Waals surface area contributed by atoms with Crippen LogP contribution in [-0.4, -0.2) is 50.3 Å². The standard InChI is InChI=1S/C20H26N4O2/c25-17-3-1-2-14(8-17)12-24-6-4-16(5-7-24)23-20-11-19(21-13-22-20)15-9-18(26)10-15/h1-3,8,11,13,15-16,18,25-26H,4-7,9-10,12H2,(H,21,22,23). The summed E-state index contributed by atoms with van der Waals surface area (Å²) in [4.78, 5) is 11.2. The minimum Gasteiger partial charge on any atom is -0.508 e. The lowest BCUT2D eigenvalue weighted by Crippen LogP contribution is -2.38. The zero-order valence-corrected chi connectivity index (χ0v) is 14.9. The molecule has 1 aromatic carbocycles. The molecule has 2 fully saturated rings. The van der Waals surface area contributed by atoms with Gasteiger partial charge in [-0.05, 0) is 43.4 Å². The van der Waals surface area contributed by atoms with Crippen LogP contribution in [0.4, 0.5) is 5.82 Å². The van der Waals surface area contributed by atoms with Crippen LogP contribution in [0.25, 0.3) is 0 Å². The van der Waals surface area contributed by atoms with E-state index in [0.29, 0.717) is 17.7 Å². The molecule has 2 aliphatic rings. The molecule has 0 spiro atoms. The molecule has 0 amide bonds. The highest BCUT2D eigenvalue weighted by atomic mass is 16.3. The molecular weight excluding hydrogens is 328 g/mol. The number of rotatable bonds is 5. The van der Waals surface area contributed by atoms with Crippen LogP contribution in [0.3, 0.4) is 0 Å². The maximum Gasteiger partial charge on any atom is 0.129 e. The maximum atomic E-state index is 9.59. The fourth-order valence-corrected chi connectivity index (χ4v) is 3.86. The first-order valence-corrected chi connectivity index (χ1v) is 9.42.